The maximum Gasteiger partial charge on any atom is 0.0742 e. The van der Waals surface area contributed by atoms with Crippen LogP contribution in [0.1, 0.15) is 55.6 Å². The lowest BCUT2D eigenvalue weighted by atomic mass is 9.61. The molecule has 1 aliphatic heterocycles. The van der Waals surface area contributed by atoms with Gasteiger partial charge in [-0.1, -0.05) is 194 Å². The first-order valence-electron chi connectivity index (χ1n) is 25.0. The van der Waals surface area contributed by atoms with Crippen molar-refractivity contribution in [2.75, 3.05) is 4.90 Å². The van der Waals surface area contributed by atoms with E-state index in [-0.39, 0.29) is 0 Å². The molecule has 0 amide bonds. The van der Waals surface area contributed by atoms with Crippen LogP contribution in [-0.2, 0) is 23.7 Å². The average Bonchev–Trinajstić information content (AvgIpc) is 4.22. The van der Waals surface area contributed by atoms with Gasteiger partial charge in [0.15, 0.2) is 0 Å². The van der Waals surface area contributed by atoms with Crippen molar-refractivity contribution in [2.45, 2.75) is 23.7 Å². The number of aryl methyl sites for hydroxylation is 2. The van der Waals surface area contributed by atoms with Crippen molar-refractivity contribution in [3.63, 3.8) is 0 Å². The molecule has 3 aliphatic carbocycles. The van der Waals surface area contributed by atoms with E-state index in [9.17, 15) is 0 Å². The summed E-state index contributed by atoms with van der Waals surface area (Å²) in [5.74, 6) is 0. The van der Waals surface area contributed by atoms with Crippen LogP contribution in [-0.4, -0.2) is 0 Å². The zero-order chi connectivity index (χ0) is 46.2. The van der Waals surface area contributed by atoms with Crippen LogP contribution in [0.25, 0.3) is 73.4 Å². The van der Waals surface area contributed by atoms with Crippen LogP contribution in [0.15, 0.2) is 224 Å². The van der Waals surface area contributed by atoms with Crippen molar-refractivity contribution in [2.24, 2.45) is 0 Å². The molecule has 0 bridgehead atoms. The number of hydrogen-bond donors (Lipinski definition) is 0. The highest BCUT2D eigenvalue weighted by Gasteiger charge is 2.52. The Morgan fingerprint density at radius 1 is 0.324 bits per heavy atom. The lowest BCUT2D eigenvalue weighted by molar-refractivity contribution is 0.733. The van der Waals surface area contributed by atoms with Crippen LogP contribution in [0.4, 0.5) is 17.1 Å². The van der Waals surface area contributed by atoms with E-state index in [0.29, 0.717) is 0 Å². The fourth-order valence-corrected chi connectivity index (χ4v) is 16.8. The molecule has 1 nitrogen and oxygen atoms in total. The van der Waals surface area contributed by atoms with Crippen LogP contribution in [0.2, 0.25) is 0 Å². The highest BCUT2D eigenvalue weighted by atomic mass is 32.1. The van der Waals surface area contributed by atoms with Gasteiger partial charge in [-0.15, -0.1) is 22.7 Å². The molecule has 13 aromatic rings. The summed E-state index contributed by atoms with van der Waals surface area (Å²) in [7, 11) is 0. The van der Waals surface area contributed by atoms with Gasteiger partial charge >= 0.3 is 0 Å². The van der Waals surface area contributed by atoms with Gasteiger partial charge in [-0.05, 0) is 126 Å². The average molecular weight is 936 g/mol. The lowest BCUT2D eigenvalue weighted by Crippen LogP contribution is -2.37. The predicted molar refractivity (Wildman–Crippen MR) is 300 cm³/mol. The van der Waals surface area contributed by atoms with Gasteiger partial charge in [0.25, 0.3) is 0 Å². The van der Waals surface area contributed by atoms with Crippen LogP contribution < -0.4 is 4.90 Å². The molecule has 2 aromatic heterocycles. The Kier molecular flexibility index (Phi) is 7.54. The minimum Gasteiger partial charge on any atom is -0.308 e. The maximum atomic E-state index is 2.63. The van der Waals surface area contributed by atoms with Gasteiger partial charge in [-0.3, -0.25) is 0 Å². The van der Waals surface area contributed by atoms with Gasteiger partial charge in [0.2, 0.25) is 0 Å². The highest BCUT2D eigenvalue weighted by Crippen LogP contribution is 2.65. The van der Waals surface area contributed by atoms with Crippen molar-refractivity contribution < 1.29 is 0 Å². The molecule has 0 atom stereocenters. The molecule has 330 valence electrons. The second-order valence-electron chi connectivity index (χ2n) is 20.1. The van der Waals surface area contributed by atoms with Crippen molar-refractivity contribution in [3.8, 4) is 22.3 Å². The van der Waals surface area contributed by atoms with Crippen molar-refractivity contribution in [1.82, 2.24) is 0 Å². The summed E-state index contributed by atoms with van der Waals surface area (Å²) >= 11 is 3.90. The molecule has 11 aromatic carbocycles. The van der Waals surface area contributed by atoms with Crippen LogP contribution in [0, 0.1) is 0 Å². The third-order valence-corrected chi connectivity index (χ3v) is 19.4. The van der Waals surface area contributed by atoms with Gasteiger partial charge in [-0.25, -0.2) is 0 Å². The fourth-order valence-electron chi connectivity index (χ4n) is 14.3. The summed E-state index contributed by atoms with van der Waals surface area (Å²) in [6, 6.07) is 86.3. The van der Waals surface area contributed by atoms with E-state index in [2.05, 4.69) is 229 Å². The van der Waals surface area contributed by atoms with E-state index in [1.165, 1.54) is 146 Å². The molecule has 1 spiro atoms. The SMILES string of the molecule is c1ccc(C2(c3ccccc3)c3ccccc3N(c3cccc4c3sc3c5c(ccc34)C3(c4ccccc4-c4ccccc43)c3ccc4c6c(ccc-5c36)CC4)c3cc4sc5ccccc5c4cc32)cc1. The Bertz CT molecular complexity index is 4380. The van der Waals surface area contributed by atoms with Gasteiger partial charge in [-0.2, -0.15) is 0 Å². The van der Waals surface area contributed by atoms with E-state index in [1.807, 2.05) is 22.7 Å². The predicted octanol–water partition coefficient (Wildman–Crippen LogP) is 18.2. The summed E-state index contributed by atoms with van der Waals surface area (Å²) in [6.07, 6.45) is 2.20. The number of nitrogens with zero attached hydrogens (tertiary/aromatic N) is 1. The largest absolute Gasteiger partial charge is 0.308 e. The van der Waals surface area contributed by atoms with Gasteiger partial charge in [0.1, 0.15) is 0 Å². The third-order valence-electron chi connectivity index (χ3n) is 17.0. The van der Waals surface area contributed by atoms with Gasteiger partial charge in [0, 0.05) is 41.2 Å². The quantitative estimate of drug-likeness (QED) is 0.171. The molecule has 0 radical (unpaired) electrons. The summed E-state index contributed by atoms with van der Waals surface area (Å²) < 4.78 is 5.28. The molecule has 17 rings (SSSR count). The molecule has 0 N–H and O–H groups in total. The lowest BCUT2D eigenvalue weighted by Gasteiger charge is -2.46. The Morgan fingerprint density at radius 2 is 0.930 bits per heavy atom. The minimum absolute atomic E-state index is 0.457. The highest BCUT2D eigenvalue weighted by molar-refractivity contribution is 7.27. The second-order valence-corrected chi connectivity index (χ2v) is 22.2. The summed E-state index contributed by atoms with van der Waals surface area (Å²) in [5, 5.41) is 8.17. The van der Waals surface area contributed by atoms with Crippen molar-refractivity contribution >= 4 is 90.9 Å². The van der Waals surface area contributed by atoms with E-state index >= 15 is 0 Å². The van der Waals surface area contributed by atoms with Crippen LogP contribution in [0.3, 0.4) is 0 Å². The summed E-state index contributed by atoms with van der Waals surface area (Å²) in [6.45, 7) is 0. The summed E-state index contributed by atoms with van der Waals surface area (Å²) in [4.78, 5) is 2.63. The Balaban J connectivity index is 1.00. The maximum absolute atomic E-state index is 2.63. The number of para-hydroxylation sites is 1. The van der Waals surface area contributed by atoms with Gasteiger partial charge < -0.3 is 4.90 Å². The topological polar surface area (TPSA) is 3.24 Å². The smallest absolute Gasteiger partial charge is 0.0742 e. The Labute approximate surface area is 419 Å². The first-order valence-corrected chi connectivity index (χ1v) is 26.6. The fraction of sp³-hybridized carbons (Fsp3) is 0.0588. The zero-order valence-corrected chi connectivity index (χ0v) is 40.2. The standard InChI is InChI=1S/C68H41NS2/c1-3-16-42(17-4-1)67(43-18-5-2-6-19-43)53-26-12-13-27-57(53)69(59-39-61-50(38-56(59)67)46-22-9-14-29-60(46)70-61)58-28-15-23-47-48-35-37-55-64(66(48)71-65(47)58)49-34-32-40-30-31-41-33-36-54(63(49)62(40)41)68(55)51-24-10-7-20-44(51)45-21-8-11-25-52(45)68/h1-29,32-39H,30-31H2. The molecular weight excluding hydrogens is 895 g/mol. The Hall–Kier alpha value is -8.08. The molecule has 3 heteroatoms. The molecule has 0 fully saturated rings. The van der Waals surface area contributed by atoms with Gasteiger partial charge in [0.05, 0.1) is 32.6 Å². The molecule has 71 heavy (non-hydrogen) atoms. The first-order chi connectivity index (χ1) is 35.2. The normalized spacial score (nSPS) is 15.1. The van der Waals surface area contributed by atoms with Crippen molar-refractivity contribution in [1.29, 1.82) is 0 Å². The Morgan fingerprint density at radius 3 is 1.69 bits per heavy atom. The molecule has 0 saturated heterocycles. The van der Waals surface area contributed by atoms with Crippen molar-refractivity contribution in [3.05, 3.63) is 280 Å². The van der Waals surface area contributed by atoms with E-state index in [1.54, 1.807) is 0 Å². The number of benzene rings is 11. The molecule has 0 unspecified atom stereocenters. The molecule has 4 aliphatic rings. The van der Waals surface area contributed by atoms with Crippen LogP contribution in [0.5, 0.6) is 0 Å². The number of fused-ring (bicyclic) bond motifs is 18. The second kappa shape index (κ2) is 13.8. The van der Waals surface area contributed by atoms with E-state index < -0.39 is 10.8 Å². The first kappa shape index (κ1) is 38.7. The molecular formula is C68H41NS2. The number of rotatable bonds is 3. The van der Waals surface area contributed by atoms with E-state index in [4.69, 9.17) is 0 Å². The third kappa shape index (κ3) is 4.68. The van der Waals surface area contributed by atoms with E-state index in [0.717, 1.165) is 12.8 Å². The zero-order valence-electron chi connectivity index (χ0n) is 38.5. The summed E-state index contributed by atoms with van der Waals surface area (Å²) in [5.41, 5.74) is 21.7. The molecule has 3 heterocycles. The molecule has 0 saturated carbocycles. The number of anilines is 3. The van der Waals surface area contributed by atoms with Crippen LogP contribution >= 0.6 is 22.7 Å². The number of hydrogen-bond acceptors (Lipinski definition) is 3. The minimum atomic E-state index is -0.592. The number of thiophene rings is 2. The monoisotopic (exact) mass is 935 g/mol.